The van der Waals surface area contributed by atoms with E-state index in [-0.39, 0.29) is 0 Å². The summed E-state index contributed by atoms with van der Waals surface area (Å²) in [6.07, 6.45) is 7.88. The van der Waals surface area contributed by atoms with E-state index in [9.17, 15) is 0 Å². The average molecular weight is 308 g/mol. The molecule has 1 unspecified atom stereocenters. The van der Waals surface area contributed by atoms with Crippen molar-refractivity contribution in [3.05, 3.63) is 41.7 Å². The fraction of sp³-hybridized carbons (Fsp3) is 0.474. The summed E-state index contributed by atoms with van der Waals surface area (Å²) in [6.45, 7) is 4.92. The molecule has 0 spiro atoms. The molecule has 23 heavy (non-hydrogen) atoms. The van der Waals surface area contributed by atoms with Gasteiger partial charge in [0.15, 0.2) is 0 Å². The average Bonchev–Trinajstić information content (AvgIpc) is 2.54. The number of anilines is 1. The summed E-state index contributed by atoms with van der Waals surface area (Å²) < 4.78 is 0. The Labute approximate surface area is 137 Å². The van der Waals surface area contributed by atoms with Crippen molar-refractivity contribution in [3.8, 4) is 0 Å². The molecule has 1 aromatic carbocycles. The van der Waals surface area contributed by atoms with Gasteiger partial charge in [-0.25, -0.2) is 9.97 Å². The summed E-state index contributed by atoms with van der Waals surface area (Å²) in [5, 5.41) is 1.18. The van der Waals surface area contributed by atoms with E-state index in [0.717, 1.165) is 56.1 Å². The number of aryl methyl sites for hydroxylation is 1. The monoisotopic (exact) mass is 308 g/mol. The Morgan fingerprint density at radius 2 is 2.09 bits per heavy atom. The molecule has 0 bridgehead atoms. The molecule has 1 aromatic heterocycles. The van der Waals surface area contributed by atoms with Crippen molar-refractivity contribution in [2.75, 3.05) is 24.5 Å². The van der Waals surface area contributed by atoms with Crippen LogP contribution in [0.3, 0.4) is 0 Å². The molecule has 2 heterocycles. The molecule has 2 aromatic rings. The highest BCUT2D eigenvalue weighted by atomic mass is 15.3. The number of hydrogen-bond donors (Lipinski definition) is 1. The quantitative estimate of drug-likeness (QED) is 0.885. The maximum absolute atomic E-state index is 5.79. The van der Waals surface area contributed by atoms with Crippen molar-refractivity contribution in [1.82, 2.24) is 9.97 Å². The van der Waals surface area contributed by atoms with Crippen molar-refractivity contribution in [1.29, 1.82) is 0 Å². The van der Waals surface area contributed by atoms with Gasteiger partial charge in [0.1, 0.15) is 11.6 Å². The van der Waals surface area contributed by atoms with Crippen molar-refractivity contribution < 1.29 is 0 Å². The van der Waals surface area contributed by atoms with Crippen molar-refractivity contribution in [2.24, 2.45) is 11.7 Å². The minimum absolute atomic E-state index is 0.455. The Balaban J connectivity index is 1.77. The Bertz CT molecular complexity index is 746. The fourth-order valence-electron chi connectivity index (χ4n) is 3.59. The number of allylic oxidation sites excluding steroid dienone is 2. The number of nitrogens with zero attached hydrogens (tertiary/aromatic N) is 3. The minimum atomic E-state index is 0.455. The van der Waals surface area contributed by atoms with Crippen LogP contribution in [0.15, 0.2) is 30.4 Å². The summed E-state index contributed by atoms with van der Waals surface area (Å²) in [5.74, 6) is 3.17. The molecular formula is C19H24N4. The van der Waals surface area contributed by atoms with Gasteiger partial charge in [-0.1, -0.05) is 23.8 Å². The topological polar surface area (TPSA) is 55.0 Å². The lowest BCUT2D eigenvalue weighted by Gasteiger charge is -2.40. The van der Waals surface area contributed by atoms with Crippen LogP contribution < -0.4 is 10.6 Å². The maximum Gasteiger partial charge on any atom is 0.140 e. The van der Waals surface area contributed by atoms with Gasteiger partial charge in [0, 0.05) is 30.3 Å². The summed E-state index contributed by atoms with van der Waals surface area (Å²) >= 11 is 0. The molecule has 0 radical (unpaired) electrons. The van der Waals surface area contributed by atoms with E-state index >= 15 is 0 Å². The van der Waals surface area contributed by atoms with Crippen LogP contribution in [0, 0.1) is 12.8 Å². The van der Waals surface area contributed by atoms with Gasteiger partial charge in [0.25, 0.3) is 0 Å². The molecule has 4 nitrogen and oxygen atoms in total. The van der Waals surface area contributed by atoms with Crippen LogP contribution >= 0.6 is 0 Å². The Morgan fingerprint density at radius 1 is 1.22 bits per heavy atom. The van der Waals surface area contributed by atoms with Gasteiger partial charge in [-0.2, -0.15) is 0 Å². The van der Waals surface area contributed by atoms with Crippen LogP contribution in [0.25, 0.3) is 10.9 Å². The van der Waals surface area contributed by atoms with Crippen molar-refractivity contribution in [3.63, 3.8) is 0 Å². The molecule has 2 N–H and O–H groups in total. The van der Waals surface area contributed by atoms with E-state index in [1.165, 1.54) is 10.9 Å². The fourth-order valence-corrected chi connectivity index (χ4v) is 3.59. The van der Waals surface area contributed by atoms with Gasteiger partial charge in [-0.15, -0.1) is 0 Å². The van der Waals surface area contributed by atoms with Crippen LogP contribution in [0.4, 0.5) is 5.82 Å². The van der Waals surface area contributed by atoms with Gasteiger partial charge in [-0.05, 0) is 44.9 Å². The van der Waals surface area contributed by atoms with E-state index in [4.69, 9.17) is 15.7 Å². The molecule has 1 atom stereocenters. The molecule has 2 aliphatic rings. The SMILES string of the molecule is Cc1ccc2nc(C3CC=CCC3)nc(N3CC(CN)C3)c2c1. The van der Waals surface area contributed by atoms with Crippen molar-refractivity contribution >= 4 is 16.7 Å². The molecule has 1 aliphatic carbocycles. The van der Waals surface area contributed by atoms with E-state index in [1.807, 2.05) is 0 Å². The minimum Gasteiger partial charge on any atom is -0.355 e. The third-order valence-electron chi connectivity index (χ3n) is 5.07. The number of aromatic nitrogens is 2. The van der Waals surface area contributed by atoms with Gasteiger partial charge < -0.3 is 10.6 Å². The second-order valence-electron chi connectivity index (χ2n) is 6.91. The lowest BCUT2D eigenvalue weighted by Crippen LogP contribution is -2.50. The summed E-state index contributed by atoms with van der Waals surface area (Å²) in [5.41, 5.74) is 8.12. The Kier molecular flexibility index (Phi) is 3.77. The molecule has 4 heteroatoms. The van der Waals surface area contributed by atoms with Crippen LogP contribution in [-0.4, -0.2) is 29.6 Å². The summed E-state index contributed by atoms with van der Waals surface area (Å²) in [7, 11) is 0. The van der Waals surface area contributed by atoms with Crippen LogP contribution in [-0.2, 0) is 0 Å². The van der Waals surface area contributed by atoms with Crippen LogP contribution in [0.1, 0.15) is 36.6 Å². The standard InChI is InChI=1S/C19H24N4/c1-13-7-8-17-16(9-13)19(23-11-14(10-20)12-23)22-18(21-17)15-5-3-2-4-6-15/h2-3,7-9,14-15H,4-6,10-12,20H2,1H3. The molecule has 4 rings (SSSR count). The Morgan fingerprint density at radius 3 is 2.83 bits per heavy atom. The van der Waals surface area contributed by atoms with E-state index < -0.39 is 0 Å². The van der Waals surface area contributed by atoms with E-state index in [1.54, 1.807) is 0 Å². The van der Waals surface area contributed by atoms with E-state index in [0.29, 0.717) is 11.8 Å². The highest BCUT2D eigenvalue weighted by molar-refractivity contribution is 5.90. The zero-order chi connectivity index (χ0) is 15.8. The third kappa shape index (κ3) is 2.72. The zero-order valence-corrected chi connectivity index (χ0v) is 13.7. The third-order valence-corrected chi connectivity index (χ3v) is 5.07. The number of fused-ring (bicyclic) bond motifs is 1. The van der Waals surface area contributed by atoms with Gasteiger partial charge >= 0.3 is 0 Å². The van der Waals surface area contributed by atoms with Crippen LogP contribution in [0.2, 0.25) is 0 Å². The number of benzene rings is 1. The Hall–Kier alpha value is -1.94. The first kappa shape index (κ1) is 14.6. The first-order valence-corrected chi connectivity index (χ1v) is 8.63. The maximum atomic E-state index is 5.79. The van der Waals surface area contributed by atoms with Crippen molar-refractivity contribution in [2.45, 2.75) is 32.1 Å². The van der Waals surface area contributed by atoms with Gasteiger partial charge in [-0.3, -0.25) is 0 Å². The van der Waals surface area contributed by atoms with Crippen LogP contribution in [0.5, 0.6) is 0 Å². The molecular weight excluding hydrogens is 284 g/mol. The highest BCUT2D eigenvalue weighted by Gasteiger charge is 2.29. The molecule has 120 valence electrons. The molecule has 1 aliphatic heterocycles. The second kappa shape index (κ2) is 5.93. The predicted octanol–water partition coefficient (Wildman–Crippen LogP) is 3.16. The lowest BCUT2D eigenvalue weighted by molar-refractivity contribution is 0.417. The van der Waals surface area contributed by atoms with Gasteiger partial charge in [0.2, 0.25) is 0 Å². The molecule has 0 saturated carbocycles. The lowest BCUT2D eigenvalue weighted by atomic mass is 9.93. The highest BCUT2D eigenvalue weighted by Crippen LogP contribution is 2.34. The molecule has 0 amide bonds. The number of rotatable bonds is 3. The first-order valence-electron chi connectivity index (χ1n) is 8.63. The van der Waals surface area contributed by atoms with E-state index in [2.05, 4.69) is 42.2 Å². The second-order valence-corrected chi connectivity index (χ2v) is 6.91. The first-order chi connectivity index (χ1) is 11.2. The predicted molar refractivity (Wildman–Crippen MR) is 94.8 cm³/mol. The number of nitrogens with two attached hydrogens (primary N) is 1. The van der Waals surface area contributed by atoms with Gasteiger partial charge in [0.05, 0.1) is 5.52 Å². The zero-order valence-electron chi connectivity index (χ0n) is 13.7. The molecule has 1 saturated heterocycles. The largest absolute Gasteiger partial charge is 0.355 e. The normalized spacial score (nSPS) is 21.7. The molecule has 1 fully saturated rings. The summed E-state index contributed by atoms with van der Waals surface area (Å²) in [4.78, 5) is 12.2. The number of hydrogen-bond acceptors (Lipinski definition) is 4. The summed E-state index contributed by atoms with van der Waals surface area (Å²) in [6, 6.07) is 6.49. The smallest absolute Gasteiger partial charge is 0.140 e.